The zero-order chi connectivity index (χ0) is 25.7. The van der Waals surface area contributed by atoms with Crippen molar-refractivity contribution in [1.82, 2.24) is 20.3 Å². The van der Waals surface area contributed by atoms with Crippen molar-refractivity contribution < 1.29 is 19.1 Å². The van der Waals surface area contributed by atoms with Gasteiger partial charge in [0.15, 0.2) is 17.3 Å². The summed E-state index contributed by atoms with van der Waals surface area (Å²) in [5, 5.41) is 2.93. The van der Waals surface area contributed by atoms with Crippen molar-refractivity contribution in [3.05, 3.63) is 35.9 Å². The molecule has 0 saturated carbocycles. The van der Waals surface area contributed by atoms with Crippen LogP contribution in [0.3, 0.4) is 0 Å². The quantitative estimate of drug-likeness (QED) is 0.572. The van der Waals surface area contributed by atoms with Gasteiger partial charge in [0.1, 0.15) is 11.4 Å². The number of Topliss-reactive ketones (excluding diaryl/α,β-unsaturated/α-hetero) is 1. The Morgan fingerprint density at radius 3 is 2.56 bits per heavy atom. The third-order valence-electron chi connectivity index (χ3n) is 6.17. The van der Waals surface area contributed by atoms with Gasteiger partial charge in [-0.2, -0.15) is 0 Å². The van der Waals surface area contributed by atoms with Gasteiger partial charge in [0.2, 0.25) is 0 Å². The van der Waals surface area contributed by atoms with Gasteiger partial charge in [-0.25, -0.2) is 14.8 Å². The summed E-state index contributed by atoms with van der Waals surface area (Å²) in [5.41, 5.74) is 7.49. The molecule has 0 atom stereocenters. The maximum Gasteiger partial charge on any atom is 0.407 e. The molecule has 3 N–H and O–H groups in total. The lowest BCUT2D eigenvalue weighted by molar-refractivity contribution is 0.0497. The Kier molecular flexibility index (Phi) is 7.88. The maximum absolute atomic E-state index is 13.3. The van der Waals surface area contributed by atoms with Crippen LogP contribution in [0.4, 0.5) is 22.1 Å². The lowest BCUT2D eigenvalue weighted by Gasteiger charge is -2.33. The van der Waals surface area contributed by atoms with Crippen LogP contribution in [0, 0.1) is 0 Å². The molecule has 0 aromatic carbocycles. The van der Waals surface area contributed by atoms with Gasteiger partial charge in [0, 0.05) is 62.3 Å². The van der Waals surface area contributed by atoms with E-state index in [1.807, 2.05) is 26.8 Å². The Bertz CT molecular complexity index is 1070. The maximum atomic E-state index is 13.3. The Labute approximate surface area is 211 Å². The average Bonchev–Trinajstić information content (AvgIpc) is 2.84. The molecule has 194 valence electrons. The Hall–Kier alpha value is -3.47. The number of carbonyl (C=O) groups is 2. The molecule has 1 amide bonds. The topological polar surface area (TPSA) is 136 Å². The number of nitrogens with zero attached hydrogens (tertiary/aromatic N) is 5. The van der Waals surface area contributed by atoms with E-state index in [9.17, 15) is 9.59 Å². The van der Waals surface area contributed by atoms with Gasteiger partial charge in [-0.15, -0.1) is 0 Å². The monoisotopic (exact) mass is 497 g/mol. The SMILES string of the molecule is CC(C)(C)OC(=O)NC1CCN(c2cnc(N)c(C(=O)Cc3cnccc3N3CCOCC3)n2)CC1. The minimum absolute atomic E-state index is 0.0168. The molecule has 11 heteroatoms. The first-order valence-electron chi connectivity index (χ1n) is 12.4. The highest BCUT2D eigenvalue weighted by Crippen LogP contribution is 2.24. The molecular weight excluding hydrogens is 462 g/mol. The molecule has 4 heterocycles. The predicted octanol–water partition coefficient (Wildman–Crippen LogP) is 2.21. The smallest absolute Gasteiger partial charge is 0.407 e. The summed E-state index contributed by atoms with van der Waals surface area (Å²) in [6.07, 6.45) is 6.23. The fourth-order valence-corrected chi connectivity index (χ4v) is 4.40. The molecule has 2 aromatic rings. The number of hydrogen-bond donors (Lipinski definition) is 2. The number of alkyl carbamates (subject to hydrolysis) is 1. The second-order valence-corrected chi connectivity index (χ2v) is 10.1. The number of amides is 1. The number of morpholine rings is 1. The second kappa shape index (κ2) is 11.1. The summed E-state index contributed by atoms with van der Waals surface area (Å²) in [6.45, 7) is 9.68. The van der Waals surface area contributed by atoms with E-state index < -0.39 is 11.7 Å². The van der Waals surface area contributed by atoms with Crippen molar-refractivity contribution in [2.24, 2.45) is 0 Å². The summed E-state index contributed by atoms with van der Waals surface area (Å²) < 4.78 is 10.8. The van der Waals surface area contributed by atoms with E-state index in [4.69, 9.17) is 15.2 Å². The third kappa shape index (κ3) is 6.60. The van der Waals surface area contributed by atoms with Crippen molar-refractivity contribution in [3.8, 4) is 0 Å². The van der Waals surface area contributed by atoms with Crippen LogP contribution in [0.15, 0.2) is 24.7 Å². The number of rotatable bonds is 6. The van der Waals surface area contributed by atoms with Crippen molar-refractivity contribution >= 4 is 29.2 Å². The zero-order valence-corrected chi connectivity index (χ0v) is 21.2. The van der Waals surface area contributed by atoms with Gasteiger partial charge in [-0.05, 0) is 39.7 Å². The van der Waals surface area contributed by atoms with E-state index in [1.165, 1.54) is 0 Å². The second-order valence-electron chi connectivity index (χ2n) is 10.1. The Morgan fingerprint density at radius 2 is 1.86 bits per heavy atom. The van der Waals surface area contributed by atoms with Crippen LogP contribution in [0.2, 0.25) is 0 Å². The van der Waals surface area contributed by atoms with Crippen LogP contribution in [0.25, 0.3) is 0 Å². The highest BCUT2D eigenvalue weighted by Gasteiger charge is 2.26. The number of nitrogens with one attached hydrogen (secondary N) is 1. The number of anilines is 3. The molecule has 0 unspecified atom stereocenters. The summed E-state index contributed by atoms with van der Waals surface area (Å²) in [5.74, 6) is 0.510. The highest BCUT2D eigenvalue weighted by molar-refractivity contribution is 6.00. The molecule has 11 nitrogen and oxygen atoms in total. The summed E-state index contributed by atoms with van der Waals surface area (Å²) in [6, 6.07) is 1.94. The van der Waals surface area contributed by atoms with Crippen LogP contribution in [-0.2, 0) is 15.9 Å². The largest absolute Gasteiger partial charge is 0.444 e. The Balaban J connectivity index is 1.40. The molecule has 2 aliphatic rings. The van der Waals surface area contributed by atoms with Gasteiger partial charge in [-0.3, -0.25) is 9.78 Å². The normalized spacial score (nSPS) is 17.1. The molecule has 0 spiro atoms. The minimum Gasteiger partial charge on any atom is -0.444 e. The van der Waals surface area contributed by atoms with Crippen molar-refractivity contribution in [1.29, 1.82) is 0 Å². The molecule has 0 bridgehead atoms. The molecule has 2 saturated heterocycles. The molecule has 2 fully saturated rings. The third-order valence-corrected chi connectivity index (χ3v) is 6.17. The van der Waals surface area contributed by atoms with Crippen molar-refractivity contribution in [2.45, 2.75) is 51.7 Å². The van der Waals surface area contributed by atoms with Crippen LogP contribution < -0.4 is 20.9 Å². The molecule has 4 rings (SSSR count). The van der Waals surface area contributed by atoms with Crippen LogP contribution in [0.5, 0.6) is 0 Å². The van der Waals surface area contributed by atoms with Gasteiger partial charge in [-0.1, -0.05) is 0 Å². The standard InChI is InChI=1S/C25H35N7O4/c1-25(2,3)36-24(34)29-18-5-8-32(9-6-18)21-16-28-23(26)22(30-21)20(33)14-17-15-27-7-4-19(17)31-10-12-35-13-11-31/h4,7,15-16,18H,5-6,8-14H2,1-3H3,(H2,26,28)(H,29,34). The number of pyridine rings is 1. The number of carbonyl (C=O) groups excluding carboxylic acids is 2. The highest BCUT2D eigenvalue weighted by atomic mass is 16.6. The summed E-state index contributed by atoms with van der Waals surface area (Å²) in [7, 11) is 0. The van der Waals surface area contributed by atoms with Gasteiger partial charge in [0.25, 0.3) is 0 Å². The number of nitrogens with two attached hydrogens (primary N) is 1. The minimum atomic E-state index is -0.536. The number of hydrogen-bond acceptors (Lipinski definition) is 10. The van der Waals surface area contributed by atoms with Crippen LogP contribution >= 0.6 is 0 Å². The first kappa shape index (κ1) is 25.6. The molecule has 0 radical (unpaired) electrons. The average molecular weight is 498 g/mol. The number of ether oxygens (including phenoxy) is 2. The van der Waals surface area contributed by atoms with E-state index in [0.717, 1.165) is 37.2 Å². The van der Waals surface area contributed by atoms with Crippen molar-refractivity contribution in [2.75, 3.05) is 54.9 Å². The van der Waals surface area contributed by atoms with Gasteiger partial charge in [0.05, 0.1) is 19.4 Å². The molecule has 36 heavy (non-hydrogen) atoms. The number of nitrogen functional groups attached to an aromatic ring is 1. The van der Waals surface area contributed by atoms with E-state index in [1.54, 1.807) is 18.6 Å². The van der Waals surface area contributed by atoms with E-state index in [2.05, 4.69) is 30.1 Å². The van der Waals surface area contributed by atoms with Gasteiger partial charge >= 0.3 is 6.09 Å². The number of aromatic nitrogens is 3. The van der Waals surface area contributed by atoms with Crippen LogP contribution in [0.1, 0.15) is 49.7 Å². The number of piperidine rings is 1. The molecule has 0 aliphatic carbocycles. The summed E-state index contributed by atoms with van der Waals surface area (Å²) >= 11 is 0. The van der Waals surface area contributed by atoms with E-state index in [-0.39, 0.29) is 29.8 Å². The number of ketones is 1. The molecule has 2 aromatic heterocycles. The Morgan fingerprint density at radius 1 is 1.14 bits per heavy atom. The summed E-state index contributed by atoms with van der Waals surface area (Å²) in [4.78, 5) is 42.7. The first-order valence-corrected chi connectivity index (χ1v) is 12.4. The fraction of sp³-hybridized carbons (Fsp3) is 0.560. The molecular formula is C25H35N7O4. The lowest BCUT2D eigenvalue weighted by Crippen LogP contribution is -2.46. The fourth-order valence-electron chi connectivity index (χ4n) is 4.40. The van der Waals surface area contributed by atoms with Gasteiger partial charge < -0.3 is 30.3 Å². The lowest BCUT2D eigenvalue weighted by atomic mass is 10.0. The van der Waals surface area contributed by atoms with Crippen molar-refractivity contribution in [3.63, 3.8) is 0 Å². The van der Waals surface area contributed by atoms with E-state index in [0.29, 0.717) is 32.1 Å². The predicted molar refractivity (Wildman–Crippen MR) is 136 cm³/mol. The first-order chi connectivity index (χ1) is 17.2. The molecule has 2 aliphatic heterocycles. The zero-order valence-electron chi connectivity index (χ0n) is 21.2. The van der Waals surface area contributed by atoms with E-state index >= 15 is 0 Å². The van der Waals surface area contributed by atoms with Crippen LogP contribution in [-0.4, -0.2) is 77.9 Å².